The molecule has 0 aliphatic heterocycles. The number of carboxylic acids is 1. The summed E-state index contributed by atoms with van der Waals surface area (Å²) in [7, 11) is 0. The van der Waals surface area contributed by atoms with Crippen molar-refractivity contribution in [2.45, 2.75) is 51.4 Å². The first-order chi connectivity index (χ1) is 12.6. The van der Waals surface area contributed by atoms with Crippen LogP contribution in [0.5, 0.6) is 5.75 Å². The van der Waals surface area contributed by atoms with Gasteiger partial charge in [0.1, 0.15) is 0 Å². The van der Waals surface area contributed by atoms with Gasteiger partial charge in [0.05, 0.1) is 0 Å². The maximum absolute atomic E-state index is 10.9. The molecule has 3 nitrogen and oxygen atoms in total. The van der Waals surface area contributed by atoms with Crippen molar-refractivity contribution < 1.29 is 15.0 Å². The zero-order valence-corrected chi connectivity index (χ0v) is 17.8. The van der Waals surface area contributed by atoms with Crippen LogP contribution in [-0.4, -0.2) is 31.1 Å². The normalized spacial score (nSPS) is 16.7. The second kappa shape index (κ2) is 7.07. The number of carbonyl (C=O) groups is 1. The molecule has 2 N–H and O–H groups in total. The third-order valence-electron chi connectivity index (χ3n) is 5.37. The minimum absolute atomic E-state index is 0.0158. The summed E-state index contributed by atoms with van der Waals surface area (Å²) in [6.45, 7) is 8.89. The van der Waals surface area contributed by atoms with E-state index in [0.717, 1.165) is 28.4 Å². The summed E-state index contributed by atoms with van der Waals surface area (Å²) in [5.74, 6) is 2.55. The second-order valence-electron chi connectivity index (χ2n) is 8.34. The van der Waals surface area contributed by atoms with Gasteiger partial charge in [0.25, 0.3) is 0 Å². The molecule has 0 radical (unpaired) electrons. The number of aromatic hydroxyl groups is 1. The van der Waals surface area contributed by atoms with Crippen LogP contribution in [0.4, 0.5) is 0 Å². The predicted molar refractivity (Wildman–Crippen MR) is 109 cm³/mol. The molecule has 2 aromatic carbocycles. The summed E-state index contributed by atoms with van der Waals surface area (Å²) in [5.41, 5.74) is 3.41. The van der Waals surface area contributed by atoms with Crippen LogP contribution in [-0.2, 0) is 10.8 Å². The molecule has 0 bridgehead atoms. The second-order valence-corrected chi connectivity index (χ2v) is 10.2. The summed E-state index contributed by atoms with van der Waals surface area (Å²) < 4.78 is 1.07. The van der Waals surface area contributed by atoms with Gasteiger partial charge in [0.15, 0.2) is 0 Å². The Labute approximate surface area is 167 Å². The molecule has 0 atom stereocenters. The number of fused-ring (bicyclic) bond motifs is 1. The monoisotopic (exact) mass is 428 g/mol. The topological polar surface area (TPSA) is 57.5 Å². The average Bonchev–Trinajstić information content (AvgIpc) is 2.59. The molecule has 0 saturated carbocycles. The van der Waals surface area contributed by atoms with Crippen LogP contribution < -0.4 is 4.46 Å². The van der Waals surface area contributed by atoms with Crippen LogP contribution in [0.1, 0.15) is 67.6 Å². The molecule has 4 heteroatoms. The van der Waals surface area contributed by atoms with Crippen LogP contribution >= 0.6 is 0 Å². The summed E-state index contributed by atoms with van der Waals surface area (Å²) in [4.78, 5) is 14.1. The number of carboxylic acid groups (broad SMARTS) is 1. The average molecular weight is 427 g/mol. The van der Waals surface area contributed by atoms with E-state index in [1.807, 2.05) is 6.07 Å². The Bertz CT molecular complexity index is 944. The maximum atomic E-state index is 10.9. The number of rotatable bonds is 2. The molecule has 1 aliphatic rings. The van der Waals surface area contributed by atoms with Gasteiger partial charge in [-0.15, -0.1) is 0 Å². The van der Waals surface area contributed by atoms with Crippen molar-refractivity contribution in [2.24, 2.45) is 0 Å². The van der Waals surface area contributed by atoms with Crippen molar-refractivity contribution in [1.29, 1.82) is 0 Å². The molecule has 27 heavy (non-hydrogen) atoms. The van der Waals surface area contributed by atoms with E-state index in [9.17, 15) is 9.90 Å². The fourth-order valence-electron chi connectivity index (χ4n) is 3.63. The van der Waals surface area contributed by atoms with Crippen molar-refractivity contribution in [3.8, 4) is 16.5 Å². The van der Waals surface area contributed by atoms with Gasteiger partial charge in [-0.3, -0.25) is 0 Å². The van der Waals surface area contributed by atoms with E-state index in [1.54, 1.807) is 24.3 Å². The standard InChI is InChI=1S/C23H24O3Se/c1-22(2)10-11-23(3,4)20-18(22)13-17(14-19(20)24)27-12-9-15-5-7-16(8-6-15)21(25)26/h5-8,13-14,24H,10-11H2,1-4H3,(H,25,26). The Morgan fingerprint density at radius 3 is 2.30 bits per heavy atom. The van der Waals surface area contributed by atoms with Crippen molar-refractivity contribution in [2.75, 3.05) is 0 Å². The predicted octanol–water partition coefficient (Wildman–Crippen LogP) is 3.78. The number of phenolic OH excluding ortho intramolecular Hbond substituents is 1. The molecule has 0 aromatic heterocycles. The molecule has 1 aliphatic carbocycles. The molecule has 3 rings (SSSR count). The Kier molecular flexibility index (Phi) is 5.12. The van der Waals surface area contributed by atoms with Crippen molar-refractivity contribution in [1.82, 2.24) is 0 Å². The number of hydrogen-bond acceptors (Lipinski definition) is 2. The minimum atomic E-state index is -0.936. The number of hydrogen-bond donors (Lipinski definition) is 2. The summed E-state index contributed by atoms with van der Waals surface area (Å²) >= 11 is -0.0876. The first-order valence-electron chi connectivity index (χ1n) is 8.99. The molecule has 0 amide bonds. The van der Waals surface area contributed by atoms with E-state index in [1.165, 1.54) is 5.56 Å². The van der Waals surface area contributed by atoms with Crippen molar-refractivity contribution in [3.63, 3.8) is 0 Å². The SMILES string of the molecule is CC1(C)CCC(C)(C)c2c(O)cc([Se]C#Cc3ccc(C(=O)O)cc3)cc21. The van der Waals surface area contributed by atoms with E-state index < -0.39 is 5.97 Å². The number of phenols is 1. The van der Waals surface area contributed by atoms with Crippen LogP contribution in [0, 0.1) is 10.7 Å². The molecule has 0 heterocycles. The Hall–Kier alpha value is -2.21. The first-order valence-corrected chi connectivity index (χ1v) is 10.7. The van der Waals surface area contributed by atoms with Gasteiger partial charge < -0.3 is 0 Å². The third kappa shape index (κ3) is 4.05. The zero-order valence-electron chi connectivity index (χ0n) is 16.1. The van der Waals surface area contributed by atoms with Gasteiger partial charge in [-0.1, -0.05) is 0 Å². The van der Waals surface area contributed by atoms with Gasteiger partial charge in [0, 0.05) is 0 Å². The van der Waals surface area contributed by atoms with E-state index in [4.69, 9.17) is 5.11 Å². The first kappa shape index (κ1) is 19.5. The number of benzene rings is 2. The molecule has 2 aromatic rings. The van der Waals surface area contributed by atoms with Gasteiger partial charge >= 0.3 is 167 Å². The van der Waals surface area contributed by atoms with E-state index in [2.05, 4.69) is 44.5 Å². The summed E-state index contributed by atoms with van der Waals surface area (Å²) in [6, 6.07) is 10.7. The molecule has 0 saturated heterocycles. The Morgan fingerprint density at radius 1 is 1.04 bits per heavy atom. The van der Waals surface area contributed by atoms with Gasteiger partial charge in [0.2, 0.25) is 0 Å². The van der Waals surface area contributed by atoms with E-state index in [-0.39, 0.29) is 31.4 Å². The van der Waals surface area contributed by atoms with Crippen LogP contribution in [0.3, 0.4) is 0 Å². The molecule has 0 unspecified atom stereocenters. The molecular weight excluding hydrogens is 403 g/mol. The quantitative estimate of drug-likeness (QED) is 0.567. The van der Waals surface area contributed by atoms with Crippen LogP contribution in [0.2, 0.25) is 0 Å². The van der Waals surface area contributed by atoms with Gasteiger partial charge in [-0.05, 0) is 0 Å². The Balaban J connectivity index is 1.87. The van der Waals surface area contributed by atoms with E-state index in [0.29, 0.717) is 5.75 Å². The molecule has 0 fully saturated rings. The summed E-state index contributed by atoms with van der Waals surface area (Å²) in [5, 5.41) is 19.7. The van der Waals surface area contributed by atoms with E-state index >= 15 is 0 Å². The van der Waals surface area contributed by atoms with Crippen molar-refractivity contribution >= 4 is 25.4 Å². The Morgan fingerprint density at radius 2 is 1.67 bits per heavy atom. The molecule has 0 spiro atoms. The number of aromatic carboxylic acids is 1. The van der Waals surface area contributed by atoms with Crippen molar-refractivity contribution in [3.05, 3.63) is 58.7 Å². The molecule has 140 valence electrons. The van der Waals surface area contributed by atoms with Gasteiger partial charge in [-0.25, -0.2) is 0 Å². The fourth-order valence-corrected chi connectivity index (χ4v) is 4.96. The van der Waals surface area contributed by atoms with Crippen LogP contribution in [0.25, 0.3) is 0 Å². The zero-order chi connectivity index (χ0) is 19.8. The summed E-state index contributed by atoms with van der Waals surface area (Å²) in [6.07, 6.45) is 2.17. The fraction of sp³-hybridized carbons (Fsp3) is 0.348. The van der Waals surface area contributed by atoms with Gasteiger partial charge in [-0.2, -0.15) is 0 Å². The third-order valence-corrected chi connectivity index (χ3v) is 6.79. The van der Waals surface area contributed by atoms with Crippen LogP contribution in [0.15, 0.2) is 36.4 Å². The molecular formula is C23H24O3Se.